The van der Waals surface area contributed by atoms with Gasteiger partial charge in [-0.1, -0.05) is 19.8 Å². The molecule has 0 spiro atoms. The maximum atomic E-state index is 10.8. The van der Waals surface area contributed by atoms with Gasteiger partial charge in [-0.05, 0) is 6.42 Å². The van der Waals surface area contributed by atoms with Crippen molar-refractivity contribution in [3.63, 3.8) is 0 Å². The Kier molecular flexibility index (Phi) is 4.34. The van der Waals surface area contributed by atoms with Crippen LogP contribution in [0.5, 0.6) is 0 Å². The fourth-order valence-corrected chi connectivity index (χ4v) is 1.58. The fourth-order valence-electron chi connectivity index (χ4n) is 1.02. The average molecular weight is 253 g/mol. The molecule has 0 unspecified atom stereocenters. The number of aromatic amines is 1. The van der Waals surface area contributed by atoms with Crippen molar-refractivity contribution in [2.45, 2.75) is 31.3 Å². The van der Waals surface area contributed by atoms with Crippen LogP contribution in [0.2, 0.25) is 0 Å². The molecule has 0 saturated heterocycles. The van der Waals surface area contributed by atoms with Gasteiger partial charge in [-0.2, -0.15) is 4.98 Å². The predicted molar refractivity (Wildman–Crippen MR) is 57.4 cm³/mol. The van der Waals surface area contributed by atoms with Crippen LogP contribution in [0.3, 0.4) is 0 Å². The molecule has 0 radical (unpaired) electrons. The lowest BCUT2D eigenvalue weighted by molar-refractivity contribution is 0.602. The highest BCUT2D eigenvalue weighted by Crippen LogP contribution is 2.10. The van der Waals surface area contributed by atoms with Crippen molar-refractivity contribution >= 4 is 25.7 Å². The highest BCUT2D eigenvalue weighted by atomic mass is 35.7. The second-order valence-corrected chi connectivity index (χ2v) is 5.50. The van der Waals surface area contributed by atoms with Crippen molar-refractivity contribution in [2.75, 3.05) is 11.9 Å². The van der Waals surface area contributed by atoms with Crippen molar-refractivity contribution < 1.29 is 8.42 Å². The monoisotopic (exact) mass is 252 g/mol. The van der Waals surface area contributed by atoms with Gasteiger partial charge in [-0.15, -0.1) is 5.10 Å². The molecular weight excluding hydrogens is 240 g/mol. The highest BCUT2D eigenvalue weighted by molar-refractivity contribution is 8.13. The van der Waals surface area contributed by atoms with Gasteiger partial charge in [0.05, 0.1) is 0 Å². The van der Waals surface area contributed by atoms with Crippen molar-refractivity contribution in [3.05, 3.63) is 0 Å². The average Bonchev–Trinajstić information content (AvgIpc) is 2.60. The molecule has 0 aromatic carbocycles. The number of halogens is 1. The summed E-state index contributed by atoms with van der Waals surface area (Å²) in [5, 5.41) is 8.44. The summed E-state index contributed by atoms with van der Waals surface area (Å²) in [6.45, 7) is 2.83. The lowest BCUT2D eigenvalue weighted by Crippen LogP contribution is -2.02. The molecule has 0 aliphatic heterocycles. The molecule has 1 rings (SSSR count). The van der Waals surface area contributed by atoms with Crippen LogP contribution < -0.4 is 5.32 Å². The molecule has 0 fully saturated rings. The third-order valence-corrected chi connectivity index (χ3v) is 2.79. The highest BCUT2D eigenvalue weighted by Gasteiger charge is 2.16. The van der Waals surface area contributed by atoms with E-state index >= 15 is 0 Å². The number of hydrogen-bond donors (Lipinski definition) is 2. The Bertz CT molecular complexity index is 403. The number of unbranched alkanes of at least 4 members (excludes halogenated alkanes) is 2. The van der Waals surface area contributed by atoms with Gasteiger partial charge >= 0.3 is 0 Å². The molecule has 0 atom stereocenters. The largest absolute Gasteiger partial charge is 0.355 e. The fraction of sp³-hybridized carbons (Fsp3) is 0.714. The molecular formula is C7H13ClN4O2S. The summed E-state index contributed by atoms with van der Waals surface area (Å²) >= 11 is 0. The number of anilines is 1. The quantitative estimate of drug-likeness (QED) is 0.589. The summed E-state index contributed by atoms with van der Waals surface area (Å²) in [7, 11) is 1.22. The van der Waals surface area contributed by atoms with E-state index in [9.17, 15) is 8.42 Å². The first-order chi connectivity index (χ1) is 7.04. The van der Waals surface area contributed by atoms with Crippen LogP contribution >= 0.6 is 10.7 Å². The van der Waals surface area contributed by atoms with Crippen LogP contribution in [0.1, 0.15) is 26.2 Å². The van der Waals surface area contributed by atoms with Gasteiger partial charge in [0.1, 0.15) is 0 Å². The second kappa shape index (κ2) is 5.32. The molecule has 0 bridgehead atoms. The van der Waals surface area contributed by atoms with Crippen LogP contribution in [0.4, 0.5) is 5.95 Å². The molecule has 2 N–H and O–H groups in total. The van der Waals surface area contributed by atoms with Crippen LogP contribution in [-0.2, 0) is 9.05 Å². The second-order valence-electron chi connectivity index (χ2n) is 3.04. The zero-order chi connectivity index (χ0) is 11.3. The Morgan fingerprint density at radius 3 is 2.73 bits per heavy atom. The van der Waals surface area contributed by atoms with E-state index in [-0.39, 0.29) is 0 Å². The van der Waals surface area contributed by atoms with E-state index in [0.29, 0.717) is 5.95 Å². The molecule has 0 aliphatic rings. The summed E-state index contributed by atoms with van der Waals surface area (Å²) in [6.07, 6.45) is 3.24. The normalized spacial score (nSPS) is 11.6. The number of rotatable bonds is 6. The number of H-pyrrole nitrogens is 1. The minimum Gasteiger partial charge on any atom is -0.355 e. The topological polar surface area (TPSA) is 87.7 Å². The zero-order valence-electron chi connectivity index (χ0n) is 8.33. The van der Waals surface area contributed by atoms with E-state index < -0.39 is 14.2 Å². The van der Waals surface area contributed by atoms with Crippen LogP contribution in [-0.4, -0.2) is 30.1 Å². The summed E-state index contributed by atoms with van der Waals surface area (Å²) in [5.41, 5.74) is 0. The van der Waals surface area contributed by atoms with Gasteiger partial charge in [-0.3, -0.25) is 0 Å². The summed E-state index contributed by atoms with van der Waals surface area (Å²) in [5.74, 6) is 0.324. The minimum atomic E-state index is -3.84. The van der Waals surface area contributed by atoms with Gasteiger partial charge in [0.2, 0.25) is 5.95 Å². The molecule has 0 amide bonds. The van der Waals surface area contributed by atoms with Crippen molar-refractivity contribution in [1.82, 2.24) is 15.2 Å². The number of hydrogen-bond acceptors (Lipinski definition) is 5. The standard InChI is InChI=1S/C7H13ClN4O2S/c1-2-3-4-5-9-6-10-7(12-11-6)15(8,13)14/h2-5H2,1H3,(H2,9,10,11,12). The van der Waals surface area contributed by atoms with Gasteiger partial charge in [0, 0.05) is 17.2 Å². The Morgan fingerprint density at radius 2 is 2.20 bits per heavy atom. The van der Waals surface area contributed by atoms with Crippen LogP contribution in [0.25, 0.3) is 0 Å². The maximum Gasteiger partial charge on any atom is 0.298 e. The number of nitrogens with zero attached hydrogens (tertiary/aromatic N) is 2. The molecule has 6 nitrogen and oxygen atoms in total. The third kappa shape index (κ3) is 4.05. The van der Waals surface area contributed by atoms with E-state index in [1.54, 1.807) is 0 Å². The van der Waals surface area contributed by atoms with E-state index in [0.717, 1.165) is 25.8 Å². The lowest BCUT2D eigenvalue weighted by Gasteiger charge is -1.99. The SMILES string of the molecule is CCCCCNc1nc(S(=O)(=O)Cl)n[nH]1. The van der Waals surface area contributed by atoms with Gasteiger partial charge in [-0.25, -0.2) is 13.5 Å². The van der Waals surface area contributed by atoms with Crippen LogP contribution in [0.15, 0.2) is 5.16 Å². The lowest BCUT2D eigenvalue weighted by atomic mass is 10.2. The predicted octanol–water partition coefficient (Wildman–Crippen LogP) is 1.33. The Hall–Kier alpha value is -0.820. The number of nitrogens with one attached hydrogen (secondary N) is 2. The van der Waals surface area contributed by atoms with E-state index in [2.05, 4.69) is 27.4 Å². The third-order valence-electron chi connectivity index (χ3n) is 1.76. The molecule has 1 aromatic heterocycles. The molecule has 1 heterocycles. The smallest absolute Gasteiger partial charge is 0.298 e. The molecule has 0 saturated carbocycles. The Morgan fingerprint density at radius 1 is 1.47 bits per heavy atom. The van der Waals surface area contributed by atoms with E-state index in [4.69, 9.17) is 10.7 Å². The van der Waals surface area contributed by atoms with Crippen molar-refractivity contribution in [3.8, 4) is 0 Å². The first kappa shape index (κ1) is 12.3. The van der Waals surface area contributed by atoms with E-state index in [1.165, 1.54) is 0 Å². The summed E-state index contributed by atoms with van der Waals surface area (Å²) in [6, 6.07) is 0. The van der Waals surface area contributed by atoms with Crippen molar-refractivity contribution in [2.24, 2.45) is 0 Å². The van der Waals surface area contributed by atoms with Gasteiger partial charge in [0.15, 0.2) is 0 Å². The first-order valence-electron chi connectivity index (χ1n) is 4.65. The van der Waals surface area contributed by atoms with Crippen LogP contribution in [0, 0.1) is 0 Å². The molecule has 8 heteroatoms. The van der Waals surface area contributed by atoms with Crippen molar-refractivity contribution in [1.29, 1.82) is 0 Å². The molecule has 86 valence electrons. The Balaban J connectivity index is 2.47. The van der Waals surface area contributed by atoms with Gasteiger partial charge < -0.3 is 5.32 Å². The maximum absolute atomic E-state index is 10.8. The molecule has 15 heavy (non-hydrogen) atoms. The zero-order valence-corrected chi connectivity index (χ0v) is 9.90. The molecule has 0 aliphatic carbocycles. The number of aromatic nitrogens is 3. The Labute approximate surface area is 92.9 Å². The molecule has 1 aromatic rings. The summed E-state index contributed by atoms with van der Waals surface area (Å²) in [4.78, 5) is 3.68. The van der Waals surface area contributed by atoms with E-state index in [1.807, 2.05) is 0 Å². The first-order valence-corrected chi connectivity index (χ1v) is 6.96. The minimum absolute atomic E-state index is 0.324. The summed E-state index contributed by atoms with van der Waals surface area (Å²) < 4.78 is 21.6. The van der Waals surface area contributed by atoms with Gasteiger partial charge in [0.25, 0.3) is 14.2 Å².